The number of hydrogen-bond donors (Lipinski definition) is 0. The lowest BCUT2D eigenvalue weighted by Gasteiger charge is -2.40. The van der Waals surface area contributed by atoms with Gasteiger partial charge in [-0.3, -0.25) is 4.98 Å². The Morgan fingerprint density at radius 1 is 0.800 bits per heavy atom. The summed E-state index contributed by atoms with van der Waals surface area (Å²) in [5.41, 5.74) is 0.582. The molecule has 2 aromatic carbocycles. The van der Waals surface area contributed by atoms with Crippen LogP contribution in [0.5, 0.6) is 0 Å². The van der Waals surface area contributed by atoms with E-state index in [2.05, 4.69) is 44.3 Å². The predicted molar refractivity (Wildman–Crippen MR) is 127 cm³/mol. The van der Waals surface area contributed by atoms with Crippen LogP contribution in [-0.4, -0.2) is 26.4 Å². The van der Waals surface area contributed by atoms with Crippen molar-refractivity contribution in [3.05, 3.63) is 88.6 Å². The molecule has 158 valence electrons. The van der Waals surface area contributed by atoms with Crippen molar-refractivity contribution >= 4 is 33.3 Å². The zero-order chi connectivity index (χ0) is 22.2. The largest absolute Gasteiger partial charge is 0.399 e. The maximum Gasteiger partial charge on any atom is 0.239 e. The Kier molecular flexibility index (Phi) is 6.34. The monoisotopic (exact) mass is 458 g/mol. The molecule has 0 saturated carbocycles. The van der Waals surface area contributed by atoms with Crippen LogP contribution in [0.1, 0.15) is 16.8 Å². The van der Waals surface area contributed by atoms with Gasteiger partial charge < -0.3 is 4.43 Å². The Labute approximate surface area is 185 Å². The topological polar surface area (TPSA) is 35.0 Å². The normalized spacial score (nSPS) is 12.8. The van der Waals surface area contributed by atoms with Crippen LogP contribution in [0.25, 0.3) is 0 Å². The van der Waals surface area contributed by atoms with Gasteiger partial charge in [-0.25, -0.2) is 4.98 Å². The molecule has 0 aliphatic rings. The first-order chi connectivity index (χ1) is 13.9. The van der Waals surface area contributed by atoms with Gasteiger partial charge in [-0.15, -0.1) is 0 Å². The summed E-state index contributed by atoms with van der Waals surface area (Å²) in [6.07, 6.45) is 0. The van der Waals surface area contributed by atoms with E-state index in [4.69, 9.17) is 21.0 Å². The van der Waals surface area contributed by atoms with E-state index in [-0.39, 0.29) is 10.8 Å². The SMILES string of the molecule is C[Si](C)(C)OC(c1ccccc1)(c1ccccc1)c1nc([Si](C)(C)C)c(Cl)nc1F. The number of aromatic nitrogens is 2. The van der Waals surface area contributed by atoms with Crippen LogP contribution in [-0.2, 0) is 10.0 Å². The molecule has 0 bridgehead atoms. The van der Waals surface area contributed by atoms with Gasteiger partial charge in [0, 0.05) is 0 Å². The van der Waals surface area contributed by atoms with Crippen LogP contribution in [0.4, 0.5) is 4.39 Å². The van der Waals surface area contributed by atoms with Gasteiger partial charge in [0.05, 0.1) is 5.32 Å². The Morgan fingerprint density at radius 3 is 1.67 bits per heavy atom. The minimum absolute atomic E-state index is 0.137. The fraction of sp³-hybridized carbons (Fsp3) is 0.304. The number of halogens is 2. The summed E-state index contributed by atoms with van der Waals surface area (Å²) >= 11 is 6.35. The van der Waals surface area contributed by atoms with Crippen LogP contribution in [0.3, 0.4) is 0 Å². The molecule has 0 spiro atoms. The van der Waals surface area contributed by atoms with Gasteiger partial charge >= 0.3 is 0 Å². The molecule has 1 heterocycles. The second-order valence-electron chi connectivity index (χ2n) is 9.38. The summed E-state index contributed by atoms with van der Waals surface area (Å²) in [7, 11) is -4.18. The minimum atomic E-state index is -2.20. The highest BCUT2D eigenvalue weighted by Gasteiger charge is 2.46. The third kappa shape index (κ3) is 4.57. The van der Waals surface area contributed by atoms with Crippen molar-refractivity contribution in [1.29, 1.82) is 0 Å². The molecular formula is C23H28ClFN2OSi2. The van der Waals surface area contributed by atoms with Crippen LogP contribution in [0, 0.1) is 5.95 Å². The number of rotatable bonds is 6. The molecule has 7 heteroatoms. The summed E-state index contributed by atoms with van der Waals surface area (Å²) in [6.45, 7) is 12.6. The second kappa shape index (κ2) is 8.34. The van der Waals surface area contributed by atoms with Gasteiger partial charge in [0.2, 0.25) is 5.95 Å². The van der Waals surface area contributed by atoms with E-state index in [0.717, 1.165) is 11.1 Å². The van der Waals surface area contributed by atoms with Crippen LogP contribution in [0.2, 0.25) is 44.4 Å². The molecule has 3 rings (SSSR count). The summed E-state index contributed by atoms with van der Waals surface area (Å²) in [6, 6.07) is 19.4. The number of hydrogen-bond acceptors (Lipinski definition) is 3. The van der Waals surface area contributed by atoms with Gasteiger partial charge in [0.1, 0.15) is 18.9 Å². The number of benzene rings is 2. The van der Waals surface area contributed by atoms with Crippen molar-refractivity contribution < 1.29 is 8.82 Å². The second-order valence-corrected chi connectivity index (χ2v) is 19.1. The molecule has 30 heavy (non-hydrogen) atoms. The van der Waals surface area contributed by atoms with Crippen molar-refractivity contribution in [3.8, 4) is 0 Å². The van der Waals surface area contributed by atoms with E-state index in [1.54, 1.807) is 0 Å². The smallest absolute Gasteiger partial charge is 0.239 e. The molecule has 0 amide bonds. The fourth-order valence-electron chi connectivity index (χ4n) is 3.51. The van der Waals surface area contributed by atoms with Gasteiger partial charge in [0.15, 0.2) is 13.9 Å². The molecule has 0 fully saturated rings. The van der Waals surface area contributed by atoms with Crippen molar-refractivity contribution in [3.63, 3.8) is 0 Å². The third-order valence-corrected chi connectivity index (χ3v) is 7.78. The van der Waals surface area contributed by atoms with E-state index < -0.39 is 27.9 Å². The molecule has 0 aliphatic carbocycles. The van der Waals surface area contributed by atoms with Crippen LogP contribution < -0.4 is 5.32 Å². The predicted octanol–water partition coefficient (Wildman–Crippen LogP) is 5.96. The molecule has 3 nitrogen and oxygen atoms in total. The van der Waals surface area contributed by atoms with E-state index in [9.17, 15) is 0 Å². The van der Waals surface area contributed by atoms with Gasteiger partial charge in [0.25, 0.3) is 0 Å². The molecule has 1 aromatic heterocycles. The van der Waals surface area contributed by atoms with Crippen LogP contribution in [0.15, 0.2) is 60.7 Å². The van der Waals surface area contributed by atoms with E-state index in [1.807, 2.05) is 60.7 Å². The van der Waals surface area contributed by atoms with Crippen molar-refractivity contribution in [1.82, 2.24) is 9.97 Å². The maximum absolute atomic E-state index is 15.6. The van der Waals surface area contributed by atoms with E-state index in [0.29, 0.717) is 5.32 Å². The molecule has 0 unspecified atom stereocenters. The lowest BCUT2D eigenvalue weighted by molar-refractivity contribution is 0.135. The van der Waals surface area contributed by atoms with Crippen molar-refractivity contribution in [2.24, 2.45) is 0 Å². The first-order valence-electron chi connectivity index (χ1n) is 10.0. The maximum atomic E-state index is 15.6. The quantitative estimate of drug-likeness (QED) is 0.427. The van der Waals surface area contributed by atoms with Gasteiger partial charge in [-0.1, -0.05) is 91.9 Å². The molecule has 0 N–H and O–H groups in total. The Bertz CT molecular complexity index is 980. The standard InChI is InChI=1S/C23H28ClFN2OSi2/c1-29(2,3)22-20(24)27-21(25)19(26-22)23(28-30(4,5)6,17-13-9-7-10-14-17)18-15-11-8-12-16-18/h7-16H,1-6H3. The molecule has 0 atom stereocenters. The fourth-order valence-corrected chi connectivity index (χ4v) is 6.85. The van der Waals surface area contributed by atoms with E-state index >= 15 is 4.39 Å². The molecule has 0 aliphatic heterocycles. The third-order valence-electron chi connectivity index (χ3n) is 4.67. The summed E-state index contributed by atoms with van der Waals surface area (Å²) in [5, 5.41) is 0.814. The summed E-state index contributed by atoms with van der Waals surface area (Å²) in [5.74, 6) is -0.701. The number of nitrogens with zero attached hydrogens (tertiary/aromatic N) is 2. The summed E-state index contributed by atoms with van der Waals surface area (Å²) < 4.78 is 22.4. The van der Waals surface area contributed by atoms with E-state index in [1.165, 1.54) is 0 Å². The van der Waals surface area contributed by atoms with Gasteiger partial charge in [-0.05, 0) is 30.8 Å². The lowest BCUT2D eigenvalue weighted by atomic mass is 9.83. The van der Waals surface area contributed by atoms with Gasteiger partial charge in [-0.2, -0.15) is 4.39 Å². The Morgan fingerprint density at radius 2 is 1.27 bits per heavy atom. The zero-order valence-corrected chi connectivity index (χ0v) is 21.1. The first kappa shape index (κ1) is 22.8. The highest BCUT2D eigenvalue weighted by atomic mass is 35.5. The first-order valence-corrected chi connectivity index (χ1v) is 17.3. The zero-order valence-electron chi connectivity index (χ0n) is 18.3. The minimum Gasteiger partial charge on any atom is -0.399 e. The van der Waals surface area contributed by atoms with Crippen molar-refractivity contribution in [2.75, 3.05) is 0 Å². The molecule has 0 saturated heterocycles. The highest BCUT2D eigenvalue weighted by molar-refractivity contribution is 6.89. The molecule has 0 radical (unpaired) electrons. The van der Waals surface area contributed by atoms with Crippen LogP contribution >= 0.6 is 11.6 Å². The lowest BCUT2D eigenvalue weighted by Crippen LogP contribution is -2.48. The Balaban J connectivity index is 2.46. The average Bonchev–Trinajstić information content (AvgIpc) is 2.66. The van der Waals surface area contributed by atoms with Crippen molar-refractivity contribution in [2.45, 2.75) is 44.9 Å². The molecular weight excluding hydrogens is 431 g/mol. The molecule has 3 aromatic rings. The summed E-state index contributed by atoms with van der Waals surface area (Å²) in [4.78, 5) is 8.94. The average molecular weight is 459 g/mol. The Hall–Kier alpha value is -1.87. The highest BCUT2D eigenvalue weighted by Crippen LogP contribution is 2.42.